The van der Waals surface area contributed by atoms with Crippen LogP contribution in [0.3, 0.4) is 0 Å². The van der Waals surface area contributed by atoms with Gasteiger partial charge in [0.1, 0.15) is 12.2 Å². The van der Waals surface area contributed by atoms with Crippen molar-refractivity contribution in [2.24, 2.45) is 5.92 Å². The van der Waals surface area contributed by atoms with Crippen molar-refractivity contribution in [3.8, 4) is 0 Å². The van der Waals surface area contributed by atoms with Crippen LogP contribution >= 0.6 is 0 Å². The molecule has 4 heteroatoms. The predicted octanol–water partition coefficient (Wildman–Crippen LogP) is 1.43. The summed E-state index contributed by atoms with van der Waals surface area (Å²) in [6.45, 7) is 1.42. The van der Waals surface area contributed by atoms with Crippen LogP contribution in [0.2, 0.25) is 0 Å². The van der Waals surface area contributed by atoms with Gasteiger partial charge in [-0.1, -0.05) is 24.3 Å². The molecule has 0 bridgehead atoms. The summed E-state index contributed by atoms with van der Waals surface area (Å²) >= 11 is 0. The van der Waals surface area contributed by atoms with Crippen molar-refractivity contribution in [1.29, 1.82) is 0 Å². The van der Waals surface area contributed by atoms with Crippen molar-refractivity contribution < 1.29 is 19.1 Å². The molecule has 1 aromatic rings. The summed E-state index contributed by atoms with van der Waals surface area (Å²) in [5.74, 6) is -0.895. The number of hydrogen-bond donors (Lipinski definition) is 0. The number of Topliss-reactive ketones (excluding diaryl/α,β-unsaturated/α-hetero) is 3. The second-order valence-corrected chi connectivity index (χ2v) is 4.77. The Morgan fingerprint density at radius 1 is 1.17 bits per heavy atom. The number of carbonyl (C=O) groups is 3. The molecule has 0 amide bonds. The third-order valence-electron chi connectivity index (χ3n) is 3.65. The highest BCUT2D eigenvalue weighted by Gasteiger charge is 2.49. The van der Waals surface area contributed by atoms with Crippen molar-refractivity contribution in [3.63, 3.8) is 0 Å². The first-order valence-electron chi connectivity index (χ1n) is 5.93. The van der Waals surface area contributed by atoms with Gasteiger partial charge in [-0.2, -0.15) is 0 Å². The van der Waals surface area contributed by atoms with Gasteiger partial charge in [0.2, 0.25) is 0 Å². The second-order valence-electron chi connectivity index (χ2n) is 4.77. The fourth-order valence-corrected chi connectivity index (χ4v) is 2.70. The van der Waals surface area contributed by atoms with Crippen LogP contribution in [0.15, 0.2) is 24.3 Å². The first-order chi connectivity index (χ1) is 8.59. The van der Waals surface area contributed by atoms with E-state index in [4.69, 9.17) is 4.74 Å². The Labute approximate surface area is 104 Å². The lowest BCUT2D eigenvalue weighted by Crippen LogP contribution is -2.38. The molecule has 3 atom stereocenters. The quantitative estimate of drug-likeness (QED) is 0.749. The number of carbonyl (C=O) groups excluding carboxylic acids is 3. The van der Waals surface area contributed by atoms with Crippen LogP contribution in [0.4, 0.5) is 0 Å². The van der Waals surface area contributed by atoms with Crippen molar-refractivity contribution in [3.05, 3.63) is 35.4 Å². The number of ether oxygens (including phenoxy) is 1. The lowest BCUT2D eigenvalue weighted by atomic mass is 9.79. The molecule has 0 saturated carbocycles. The van der Waals surface area contributed by atoms with Gasteiger partial charge in [0, 0.05) is 11.1 Å². The van der Waals surface area contributed by atoms with E-state index in [1.807, 2.05) is 0 Å². The summed E-state index contributed by atoms with van der Waals surface area (Å²) < 4.78 is 5.45. The van der Waals surface area contributed by atoms with Crippen LogP contribution in [0, 0.1) is 5.92 Å². The molecular weight excluding hydrogens is 232 g/mol. The SMILES string of the molecule is CC(=O)[C@@H]1C[C@@H]2C(=O)c3ccccc3C(=O)[C@@H]2O1. The Morgan fingerprint density at radius 3 is 2.39 bits per heavy atom. The van der Waals surface area contributed by atoms with E-state index >= 15 is 0 Å². The zero-order chi connectivity index (χ0) is 12.9. The molecule has 1 aromatic carbocycles. The van der Waals surface area contributed by atoms with Crippen LogP contribution in [0.25, 0.3) is 0 Å². The molecule has 0 unspecified atom stereocenters. The van der Waals surface area contributed by atoms with Gasteiger partial charge in [-0.15, -0.1) is 0 Å². The summed E-state index contributed by atoms with van der Waals surface area (Å²) in [7, 11) is 0. The summed E-state index contributed by atoms with van der Waals surface area (Å²) in [6.07, 6.45) is -1.08. The van der Waals surface area contributed by atoms with E-state index in [1.165, 1.54) is 6.92 Å². The monoisotopic (exact) mass is 244 g/mol. The zero-order valence-corrected chi connectivity index (χ0v) is 9.88. The van der Waals surface area contributed by atoms with Crippen LogP contribution in [0.1, 0.15) is 34.1 Å². The standard InChI is InChI=1S/C14H12O4/c1-7(15)11-6-10-12(16)8-4-2-3-5-9(8)13(17)14(10)18-11/h2-5,10-11,14H,6H2,1H3/t10-,11+,14-/m1/s1. The number of fused-ring (bicyclic) bond motifs is 2. The van der Waals surface area contributed by atoms with Gasteiger partial charge >= 0.3 is 0 Å². The Balaban J connectivity index is 2.04. The van der Waals surface area contributed by atoms with E-state index in [0.717, 1.165) is 0 Å². The maximum absolute atomic E-state index is 12.3. The van der Waals surface area contributed by atoms with Crippen LogP contribution in [-0.2, 0) is 9.53 Å². The molecule has 0 aromatic heterocycles. The lowest BCUT2D eigenvalue weighted by Gasteiger charge is -2.23. The first kappa shape index (κ1) is 11.3. The Kier molecular flexibility index (Phi) is 2.41. The molecule has 92 valence electrons. The molecule has 1 saturated heterocycles. The summed E-state index contributed by atoms with van der Waals surface area (Å²) in [6, 6.07) is 6.76. The van der Waals surface area contributed by atoms with Gasteiger partial charge in [-0.05, 0) is 13.3 Å². The van der Waals surface area contributed by atoms with Crippen molar-refractivity contribution >= 4 is 17.3 Å². The molecule has 0 N–H and O–H groups in total. The highest BCUT2D eigenvalue weighted by atomic mass is 16.5. The lowest BCUT2D eigenvalue weighted by molar-refractivity contribution is -0.126. The molecule has 18 heavy (non-hydrogen) atoms. The second kappa shape index (κ2) is 3.85. The predicted molar refractivity (Wildman–Crippen MR) is 62.6 cm³/mol. The summed E-state index contributed by atoms with van der Waals surface area (Å²) in [4.78, 5) is 35.8. The van der Waals surface area contributed by atoms with Gasteiger partial charge in [-0.25, -0.2) is 0 Å². The average Bonchev–Trinajstić information content (AvgIpc) is 2.81. The Morgan fingerprint density at radius 2 is 1.78 bits per heavy atom. The Bertz CT molecular complexity index is 518. The van der Waals surface area contributed by atoms with Gasteiger partial charge in [-0.3, -0.25) is 14.4 Å². The minimum absolute atomic E-state index is 0.0843. The van der Waals surface area contributed by atoms with Gasteiger partial charge in [0.05, 0.1) is 5.92 Å². The number of ketones is 3. The highest BCUT2D eigenvalue weighted by molar-refractivity contribution is 6.17. The van der Waals surface area contributed by atoms with E-state index < -0.39 is 18.1 Å². The minimum atomic E-state index is -0.777. The molecule has 1 aliphatic heterocycles. The highest BCUT2D eigenvalue weighted by Crippen LogP contribution is 2.36. The van der Waals surface area contributed by atoms with Gasteiger partial charge in [0.25, 0.3) is 0 Å². The van der Waals surface area contributed by atoms with Crippen molar-refractivity contribution in [2.45, 2.75) is 25.6 Å². The summed E-state index contributed by atoms with van der Waals surface area (Å²) in [5.41, 5.74) is 0.865. The van der Waals surface area contributed by atoms with Crippen molar-refractivity contribution in [2.75, 3.05) is 0 Å². The molecule has 0 radical (unpaired) electrons. The van der Waals surface area contributed by atoms with E-state index in [-0.39, 0.29) is 17.3 Å². The minimum Gasteiger partial charge on any atom is -0.358 e. The van der Waals surface area contributed by atoms with Crippen molar-refractivity contribution in [1.82, 2.24) is 0 Å². The van der Waals surface area contributed by atoms with E-state index in [1.54, 1.807) is 24.3 Å². The van der Waals surface area contributed by atoms with Crippen LogP contribution in [-0.4, -0.2) is 29.6 Å². The third kappa shape index (κ3) is 1.46. The molecular formula is C14H12O4. The fourth-order valence-electron chi connectivity index (χ4n) is 2.70. The zero-order valence-electron chi connectivity index (χ0n) is 9.88. The average molecular weight is 244 g/mol. The molecule has 4 nitrogen and oxygen atoms in total. The summed E-state index contributed by atoms with van der Waals surface area (Å²) in [5, 5.41) is 0. The smallest absolute Gasteiger partial charge is 0.193 e. The maximum Gasteiger partial charge on any atom is 0.193 e. The van der Waals surface area contributed by atoms with E-state index in [2.05, 4.69) is 0 Å². The molecule has 1 fully saturated rings. The molecule has 1 aliphatic carbocycles. The van der Waals surface area contributed by atoms with E-state index in [0.29, 0.717) is 17.5 Å². The van der Waals surface area contributed by atoms with E-state index in [9.17, 15) is 14.4 Å². The fraction of sp³-hybridized carbons (Fsp3) is 0.357. The normalized spacial score (nSPS) is 29.9. The van der Waals surface area contributed by atoms with Crippen LogP contribution < -0.4 is 0 Å². The number of rotatable bonds is 1. The molecule has 3 rings (SSSR count). The number of hydrogen-bond acceptors (Lipinski definition) is 4. The first-order valence-corrected chi connectivity index (χ1v) is 5.93. The maximum atomic E-state index is 12.3. The topological polar surface area (TPSA) is 60.4 Å². The Hall–Kier alpha value is -1.81. The molecule has 0 spiro atoms. The molecule has 2 aliphatic rings. The third-order valence-corrected chi connectivity index (χ3v) is 3.65. The van der Waals surface area contributed by atoms with Crippen LogP contribution in [0.5, 0.6) is 0 Å². The number of benzene rings is 1. The van der Waals surface area contributed by atoms with Gasteiger partial charge in [0.15, 0.2) is 17.3 Å². The van der Waals surface area contributed by atoms with Gasteiger partial charge < -0.3 is 4.74 Å². The molecule has 1 heterocycles. The largest absolute Gasteiger partial charge is 0.358 e.